The second kappa shape index (κ2) is 6.59. The summed E-state index contributed by atoms with van der Waals surface area (Å²) >= 11 is 7.37. The fourth-order valence-corrected chi connectivity index (χ4v) is 3.13. The van der Waals surface area contributed by atoms with E-state index in [0.717, 1.165) is 25.9 Å². The second-order valence-corrected chi connectivity index (χ2v) is 5.42. The number of piperidine rings is 1. The van der Waals surface area contributed by atoms with Crippen molar-refractivity contribution in [1.29, 1.82) is 0 Å². The van der Waals surface area contributed by atoms with Crippen LogP contribution < -0.4 is 5.73 Å². The third kappa shape index (κ3) is 3.35. The van der Waals surface area contributed by atoms with E-state index in [4.69, 9.17) is 17.3 Å². The Morgan fingerprint density at radius 2 is 2.41 bits per heavy atom. The Kier molecular flexibility index (Phi) is 5.73. The van der Waals surface area contributed by atoms with E-state index in [0.29, 0.717) is 22.4 Å². The summed E-state index contributed by atoms with van der Waals surface area (Å²) < 4.78 is 0. The summed E-state index contributed by atoms with van der Waals surface area (Å²) in [6, 6.07) is 1.77. The predicted octanol–water partition coefficient (Wildman–Crippen LogP) is 2.63. The average molecular weight is 295 g/mol. The summed E-state index contributed by atoms with van der Waals surface area (Å²) in [7, 11) is 0. The number of rotatable bonds is 2. The Labute approximate surface area is 116 Å². The highest BCUT2D eigenvalue weighted by molar-refractivity contribution is 7.12. The van der Waals surface area contributed by atoms with Crippen molar-refractivity contribution in [2.45, 2.75) is 12.8 Å². The van der Waals surface area contributed by atoms with E-state index in [9.17, 15) is 4.79 Å². The molecule has 1 aromatic heterocycles. The van der Waals surface area contributed by atoms with Crippen LogP contribution in [-0.2, 0) is 0 Å². The summed E-state index contributed by atoms with van der Waals surface area (Å²) in [5, 5.41) is 2.41. The van der Waals surface area contributed by atoms with Crippen molar-refractivity contribution in [2.75, 3.05) is 19.6 Å². The molecule has 2 heterocycles. The first kappa shape index (κ1) is 14.8. The molecule has 1 atom stereocenters. The molecule has 96 valence electrons. The summed E-state index contributed by atoms with van der Waals surface area (Å²) in [4.78, 5) is 14.7. The van der Waals surface area contributed by atoms with E-state index in [1.165, 1.54) is 11.3 Å². The molecule has 17 heavy (non-hydrogen) atoms. The van der Waals surface area contributed by atoms with Crippen molar-refractivity contribution in [2.24, 2.45) is 11.7 Å². The molecule has 1 aliphatic heterocycles. The van der Waals surface area contributed by atoms with Crippen molar-refractivity contribution in [3.8, 4) is 0 Å². The quantitative estimate of drug-likeness (QED) is 0.911. The smallest absolute Gasteiger partial charge is 0.265 e. The SMILES string of the molecule is Cl.NCC1CCCN(C(=O)c2sccc2Cl)C1. The minimum Gasteiger partial charge on any atom is -0.338 e. The topological polar surface area (TPSA) is 46.3 Å². The van der Waals surface area contributed by atoms with Crippen LogP contribution in [0.3, 0.4) is 0 Å². The lowest BCUT2D eigenvalue weighted by Gasteiger charge is -2.31. The zero-order valence-electron chi connectivity index (χ0n) is 9.39. The monoisotopic (exact) mass is 294 g/mol. The Balaban J connectivity index is 0.00000144. The Morgan fingerprint density at radius 3 is 3.00 bits per heavy atom. The van der Waals surface area contributed by atoms with Gasteiger partial charge in [0.1, 0.15) is 4.88 Å². The van der Waals surface area contributed by atoms with E-state index in [1.807, 2.05) is 10.3 Å². The molecule has 0 radical (unpaired) electrons. The molecule has 0 saturated carbocycles. The largest absolute Gasteiger partial charge is 0.338 e. The minimum atomic E-state index is 0. The van der Waals surface area contributed by atoms with E-state index in [2.05, 4.69) is 0 Å². The Morgan fingerprint density at radius 1 is 1.65 bits per heavy atom. The molecule has 0 spiro atoms. The summed E-state index contributed by atoms with van der Waals surface area (Å²) in [6.45, 7) is 2.25. The van der Waals surface area contributed by atoms with E-state index < -0.39 is 0 Å². The lowest BCUT2D eigenvalue weighted by molar-refractivity contribution is 0.0683. The molecule has 1 aromatic rings. The van der Waals surface area contributed by atoms with Crippen LogP contribution in [0.25, 0.3) is 0 Å². The number of amides is 1. The highest BCUT2D eigenvalue weighted by Gasteiger charge is 2.25. The summed E-state index contributed by atoms with van der Waals surface area (Å²) in [5.74, 6) is 0.495. The number of carbonyl (C=O) groups excluding carboxylic acids is 1. The van der Waals surface area contributed by atoms with E-state index >= 15 is 0 Å². The number of hydrogen-bond acceptors (Lipinski definition) is 3. The van der Waals surface area contributed by atoms with Gasteiger partial charge in [0.2, 0.25) is 0 Å². The van der Waals surface area contributed by atoms with Gasteiger partial charge in [0.25, 0.3) is 5.91 Å². The standard InChI is InChI=1S/C11H15ClN2OS.ClH/c12-9-3-5-16-10(9)11(15)14-4-1-2-8(6-13)7-14;/h3,5,8H,1-2,4,6-7,13H2;1H. The van der Waals surface area contributed by atoms with Gasteiger partial charge >= 0.3 is 0 Å². The average Bonchev–Trinajstić information content (AvgIpc) is 2.74. The second-order valence-electron chi connectivity index (χ2n) is 4.09. The van der Waals surface area contributed by atoms with Crippen molar-refractivity contribution in [3.05, 3.63) is 21.3 Å². The lowest BCUT2D eigenvalue weighted by Crippen LogP contribution is -2.41. The predicted molar refractivity (Wildman–Crippen MR) is 74.3 cm³/mol. The Hall–Kier alpha value is -0.290. The van der Waals surface area contributed by atoms with Crippen LogP contribution in [0.4, 0.5) is 0 Å². The van der Waals surface area contributed by atoms with Crippen molar-refractivity contribution in [1.82, 2.24) is 4.90 Å². The summed E-state index contributed by atoms with van der Waals surface area (Å²) in [6.07, 6.45) is 2.16. The molecule has 0 bridgehead atoms. The molecule has 0 aromatic carbocycles. The third-order valence-corrected chi connectivity index (χ3v) is 4.28. The van der Waals surface area contributed by atoms with Gasteiger partial charge in [0.15, 0.2) is 0 Å². The van der Waals surface area contributed by atoms with Gasteiger partial charge in [-0.1, -0.05) is 11.6 Å². The molecular formula is C11H16Cl2N2OS. The van der Waals surface area contributed by atoms with Gasteiger partial charge in [-0.2, -0.15) is 0 Å². The van der Waals surface area contributed by atoms with Crippen LogP contribution in [0, 0.1) is 5.92 Å². The van der Waals surface area contributed by atoms with E-state index in [1.54, 1.807) is 6.07 Å². The first-order valence-electron chi connectivity index (χ1n) is 5.44. The van der Waals surface area contributed by atoms with Crippen LogP contribution in [0.15, 0.2) is 11.4 Å². The molecule has 3 nitrogen and oxygen atoms in total. The van der Waals surface area contributed by atoms with Gasteiger partial charge < -0.3 is 10.6 Å². The maximum Gasteiger partial charge on any atom is 0.265 e. The molecule has 1 aliphatic rings. The van der Waals surface area contributed by atoms with Gasteiger partial charge in [-0.15, -0.1) is 23.7 Å². The molecule has 1 amide bonds. The number of thiophene rings is 1. The van der Waals surface area contributed by atoms with Crippen molar-refractivity contribution in [3.63, 3.8) is 0 Å². The molecule has 1 unspecified atom stereocenters. The van der Waals surface area contributed by atoms with Gasteiger partial charge in [-0.05, 0) is 36.8 Å². The number of likely N-dealkylation sites (tertiary alicyclic amines) is 1. The molecule has 1 saturated heterocycles. The molecule has 2 N–H and O–H groups in total. The first-order valence-corrected chi connectivity index (χ1v) is 6.70. The van der Waals surface area contributed by atoms with Crippen LogP contribution in [-0.4, -0.2) is 30.4 Å². The highest BCUT2D eigenvalue weighted by Crippen LogP contribution is 2.25. The molecule has 1 fully saturated rings. The van der Waals surface area contributed by atoms with Gasteiger partial charge in [-0.25, -0.2) is 0 Å². The van der Waals surface area contributed by atoms with Crippen LogP contribution >= 0.6 is 35.3 Å². The number of nitrogens with zero attached hydrogens (tertiary/aromatic N) is 1. The van der Waals surface area contributed by atoms with Crippen molar-refractivity contribution < 1.29 is 4.79 Å². The molecule has 0 aliphatic carbocycles. The molecule has 6 heteroatoms. The Bertz CT molecular complexity index is 383. The van der Waals surface area contributed by atoms with Gasteiger partial charge in [-0.3, -0.25) is 4.79 Å². The van der Waals surface area contributed by atoms with Crippen LogP contribution in [0.1, 0.15) is 22.5 Å². The first-order chi connectivity index (χ1) is 7.72. The minimum absolute atomic E-state index is 0. The fraction of sp³-hybridized carbons (Fsp3) is 0.545. The maximum atomic E-state index is 12.2. The van der Waals surface area contributed by atoms with Gasteiger partial charge in [0, 0.05) is 13.1 Å². The van der Waals surface area contributed by atoms with Gasteiger partial charge in [0.05, 0.1) is 5.02 Å². The lowest BCUT2D eigenvalue weighted by atomic mass is 9.98. The molecule has 2 rings (SSSR count). The zero-order chi connectivity index (χ0) is 11.5. The van der Waals surface area contributed by atoms with Crippen molar-refractivity contribution >= 4 is 41.3 Å². The molecular weight excluding hydrogens is 279 g/mol. The number of nitrogens with two attached hydrogens (primary N) is 1. The number of carbonyl (C=O) groups is 1. The normalized spacial score (nSPS) is 19.9. The van der Waals surface area contributed by atoms with E-state index in [-0.39, 0.29) is 18.3 Å². The zero-order valence-corrected chi connectivity index (χ0v) is 11.8. The van der Waals surface area contributed by atoms with Crippen LogP contribution in [0.2, 0.25) is 5.02 Å². The van der Waals surface area contributed by atoms with Crippen LogP contribution in [0.5, 0.6) is 0 Å². The summed E-state index contributed by atoms with van der Waals surface area (Å²) in [5.41, 5.74) is 5.65. The number of halogens is 2. The number of hydrogen-bond donors (Lipinski definition) is 1. The third-order valence-electron chi connectivity index (χ3n) is 2.95. The maximum absolute atomic E-state index is 12.2. The highest BCUT2D eigenvalue weighted by atomic mass is 35.5. The fourth-order valence-electron chi connectivity index (χ4n) is 2.03.